The topological polar surface area (TPSA) is 41.6 Å². The van der Waals surface area contributed by atoms with Gasteiger partial charge in [0.2, 0.25) is 5.96 Å². The number of benzene rings is 2. The molecule has 130 valence electrons. The van der Waals surface area contributed by atoms with Crippen LogP contribution in [0.5, 0.6) is 0 Å². The summed E-state index contributed by atoms with van der Waals surface area (Å²) >= 11 is 7.16. The zero-order valence-corrected chi connectivity index (χ0v) is 18.0. The molecular formula is C18H22Br2ClN3. The maximum Gasteiger partial charge on any atom is 0.200 e. The molecule has 2 aromatic rings. The van der Waals surface area contributed by atoms with Crippen LogP contribution in [0, 0.1) is 0 Å². The van der Waals surface area contributed by atoms with Gasteiger partial charge in [-0.3, -0.25) is 0 Å². The molecule has 0 aliphatic carbocycles. The standard InChI is InChI=1S/C18H21Br2N3.ClH/c1-4-12-7-6-8-15(9-12)23(3)18(21)22-16-11-14(19)10-13(5-2)17(16)20;/h6-11H,4-5H2,1-3H3,(H2,21,22);1H. The third kappa shape index (κ3) is 4.98. The van der Waals surface area contributed by atoms with Crippen molar-refractivity contribution in [3.63, 3.8) is 0 Å². The summed E-state index contributed by atoms with van der Waals surface area (Å²) in [7, 11) is 1.93. The molecule has 6 heteroatoms. The number of hydrogen-bond acceptors (Lipinski definition) is 1. The fourth-order valence-electron chi connectivity index (χ4n) is 2.28. The average molecular weight is 476 g/mol. The Morgan fingerprint density at radius 2 is 1.83 bits per heavy atom. The number of halogens is 3. The fourth-order valence-corrected chi connectivity index (χ4v) is 3.38. The molecule has 0 bridgehead atoms. The lowest BCUT2D eigenvalue weighted by atomic mass is 10.1. The Morgan fingerprint density at radius 1 is 1.12 bits per heavy atom. The van der Waals surface area contributed by atoms with Crippen LogP contribution in [0.1, 0.15) is 25.0 Å². The first-order valence-electron chi connectivity index (χ1n) is 7.61. The third-order valence-corrected chi connectivity index (χ3v) is 5.13. The maximum absolute atomic E-state index is 6.22. The summed E-state index contributed by atoms with van der Waals surface area (Å²) in [5.41, 5.74) is 10.6. The van der Waals surface area contributed by atoms with Gasteiger partial charge in [0.05, 0.1) is 5.69 Å². The van der Waals surface area contributed by atoms with Crippen molar-refractivity contribution in [2.45, 2.75) is 26.7 Å². The Kier molecular flexibility index (Phi) is 8.27. The van der Waals surface area contributed by atoms with Gasteiger partial charge in [-0.1, -0.05) is 41.9 Å². The van der Waals surface area contributed by atoms with Gasteiger partial charge in [0, 0.05) is 21.7 Å². The molecule has 0 aliphatic heterocycles. The van der Waals surface area contributed by atoms with Crippen molar-refractivity contribution in [1.29, 1.82) is 0 Å². The SMILES string of the molecule is CCc1cccc(N(C)C(N)=Nc2cc(Br)cc(CC)c2Br)c1.Cl. The summed E-state index contributed by atoms with van der Waals surface area (Å²) in [5.74, 6) is 0.458. The molecule has 0 saturated heterocycles. The van der Waals surface area contributed by atoms with E-state index in [1.807, 2.05) is 30.1 Å². The van der Waals surface area contributed by atoms with Gasteiger partial charge < -0.3 is 10.6 Å². The fraction of sp³-hybridized carbons (Fsp3) is 0.278. The van der Waals surface area contributed by atoms with E-state index in [-0.39, 0.29) is 12.4 Å². The Balaban J connectivity index is 0.00000288. The molecule has 0 saturated carbocycles. The van der Waals surface area contributed by atoms with Crippen molar-refractivity contribution in [1.82, 2.24) is 0 Å². The summed E-state index contributed by atoms with van der Waals surface area (Å²) < 4.78 is 1.99. The lowest BCUT2D eigenvalue weighted by Gasteiger charge is -2.19. The van der Waals surface area contributed by atoms with E-state index < -0.39 is 0 Å². The van der Waals surface area contributed by atoms with Crippen LogP contribution in [0.4, 0.5) is 11.4 Å². The first-order chi connectivity index (χ1) is 11.0. The number of nitrogens with two attached hydrogens (primary N) is 1. The second kappa shape index (κ2) is 9.44. The molecule has 2 N–H and O–H groups in total. The van der Waals surface area contributed by atoms with Gasteiger partial charge in [0.25, 0.3) is 0 Å². The van der Waals surface area contributed by atoms with Crippen molar-refractivity contribution in [3.8, 4) is 0 Å². The van der Waals surface area contributed by atoms with Crippen LogP contribution < -0.4 is 10.6 Å². The number of nitrogens with zero attached hydrogens (tertiary/aromatic N) is 2. The van der Waals surface area contributed by atoms with E-state index in [0.717, 1.165) is 33.2 Å². The highest BCUT2D eigenvalue weighted by Gasteiger charge is 2.10. The summed E-state index contributed by atoms with van der Waals surface area (Å²) in [6, 6.07) is 12.4. The molecule has 0 heterocycles. The van der Waals surface area contributed by atoms with Gasteiger partial charge in [0.15, 0.2) is 0 Å². The second-order valence-corrected chi connectivity index (χ2v) is 7.01. The summed E-state index contributed by atoms with van der Waals surface area (Å²) in [6.45, 7) is 4.26. The predicted molar refractivity (Wildman–Crippen MR) is 114 cm³/mol. The van der Waals surface area contributed by atoms with E-state index in [0.29, 0.717) is 5.96 Å². The van der Waals surface area contributed by atoms with Crippen molar-refractivity contribution >= 4 is 61.6 Å². The molecule has 2 rings (SSSR count). The van der Waals surface area contributed by atoms with Crippen LogP contribution in [0.3, 0.4) is 0 Å². The van der Waals surface area contributed by atoms with Gasteiger partial charge >= 0.3 is 0 Å². The Bertz CT molecular complexity index is 732. The van der Waals surface area contributed by atoms with E-state index >= 15 is 0 Å². The Labute approximate surface area is 167 Å². The van der Waals surface area contributed by atoms with Crippen LogP contribution in [0.15, 0.2) is 50.3 Å². The van der Waals surface area contributed by atoms with Crippen LogP contribution in [-0.2, 0) is 12.8 Å². The number of anilines is 1. The monoisotopic (exact) mass is 473 g/mol. The molecule has 0 aliphatic rings. The predicted octanol–water partition coefficient (Wildman–Crippen LogP) is 5.84. The lowest BCUT2D eigenvalue weighted by Crippen LogP contribution is -2.33. The largest absolute Gasteiger partial charge is 0.369 e. The molecule has 0 atom stereocenters. The molecule has 0 amide bonds. The minimum Gasteiger partial charge on any atom is -0.369 e. The highest BCUT2D eigenvalue weighted by Crippen LogP contribution is 2.33. The molecule has 0 radical (unpaired) electrons. The van der Waals surface area contributed by atoms with Gasteiger partial charge in [-0.2, -0.15) is 0 Å². The number of aryl methyl sites for hydroxylation is 2. The van der Waals surface area contributed by atoms with Gasteiger partial charge in [-0.05, 0) is 64.2 Å². The molecular weight excluding hydrogens is 453 g/mol. The van der Waals surface area contributed by atoms with Crippen LogP contribution in [0.25, 0.3) is 0 Å². The molecule has 2 aromatic carbocycles. The normalized spacial score (nSPS) is 11.1. The van der Waals surface area contributed by atoms with Gasteiger partial charge in [-0.25, -0.2) is 4.99 Å². The summed E-state index contributed by atoms with van der Waals surface area (Å²) in [6.07, 6.45) is 1.92. The number of aliphatic imine (C=N–C) groups is 1. The molecule has 24 heavy (non-hydrogen) atoms. The highest BCUT2D eigenvalue weighted by atomic mass is 79.9. The minimum absolute atomic E-state index is 0. The van der Waals surface area contributed by atoms with E-state index in [4.69, 9.17) is 5.73 Å². The van der Waals surface area contributed by atoms with E-state index in [1.54, 1.807) is 0 Å². The van der Waals surface area contributed by atoms with E-state index in [2.05, 4.69) is 68.9 Å². The Morgan fingerprint density at radius 3 is 2.46 bits per heavy atom. The van der Waals surface area contributed by atoms with Crippen molar-refractivity contribution in [2.24, 2.45) is 10.7 Å². The van der Waals surface area contributed by atoms with Crippen molar-refractivity contribution in [3.05, 3.63) is 56.5 Å². The van der Waals surface area contributed by atoms with E-state index in [9.17, 15) is 0 Å². The van der Waals surface area contributed by atoms with E-state index in [1.165, 1.54) is 11.1 Å². The first kappa shape index (κ1) is 21.0. The second-order valence-electron chi connectivity index (χ2n) is 5.30. The highest BCUT2D eigenvalue weighted by molar-refractivity contribution is 9.11. The molecule has 3 nitrogen and oxygen atoms in total. The Hall–Kier alpha value is -1.04. The van der Waals surface area contributed by atoms with Gasteiger partial charge in [0.1, 0.15) is 0 Å². The van der Waals surface area contributed by atoms with Crippen LogP contribution in [-0.4, -0.2) is 13.0 Å². The molecule has 0 aromatic heterocycles. The molecule has 0 fully saturated rings. The quantitative estimate of drug-likeness (QED) is 0.446. The van der Waals surface area contributed by atoms with Crippen molar-refractivity contribution in [2.75, 3.05) is 11.9 Å². The summed E-state index contributed by atoms with van der Waals surface area (Å²) in [5, 5.41) is 0. The number of hydrogen-bond donors (Lipinski definition) is 1. The number of guanidine groups is 1. The van der Waals surface area contributed by atoms with Crippen molar-refractivity contribution < 1.29 is 0 Å². The maximum atomic E-state index is 6.22. The minimum atomic E-state index is 0. The smallest absolute Gasteiger partial charge is 0.200 e. The molecule has 0 unspecified atom stereocenters. The lowest BCUT2D eigenvalue weighted by molar-refractivity contribution is 1.11. The summed E-state index contributed by atoms with van der Waals surface area (Å²) in [4.78, 5) is 6.50. The zero-order valence-electron chi connectivity index (χ0n) is 14.0. The van der Waals surface area contributed by atoms with Crippen LogP contribution >= 0.6 is 44.3 Å². The average Bonchev–Trinajstić information content (AvgIpc) is 2.56. The number of rotatable bonds is 4. The first-order valence-corrected chi connectivity index (χ1v) is 9.19. The van der Waals surface area contributed by atoms with Gasteiger partial charge in [-0.15, -0.1) is 12.4 Å². The van der Waals surface area contributed by atoms with Crippen LogP contribution in [0.2, 0.25) is 0 Å². The molecule has 0 spiro atoms. The zero-order chi connectivity index (χ0) is 17.0. The third-order valence-electron chi connectivity index (χ3n) is 3.76.